The Balaban J connectivity index is 1.19. The molecular weight excluding hydrogens is 492 g/mol. The van der Waals surface area contributed by atoms with E-state index in [9.17, 15) is 30.3 Å². The fourth-order valence-corrected chi connectivity index (χ4v) is 9.80. The summed E-state index contributed by atoms with van der Waals surface area (Å²) in [7, 11) is 0. The van der Waals surface area contributed by atoms with Crippen LogP contribution in [0.25, 0.3) is 0 Å². The smallest absolute Gasteiger partial charge is 0.331 e. The standard InChI is InChI=1S/C29H44O9/c1-15-22(31)23(32)24(33)25(37-15)38-17-4-8-26(2)19-5-9-27(3)18(16-12-21(30)36-14-16)7-11-29(27,35)20(19)6-10-28(26,34)13-17/h12,15,17-20,22-25,31-35H,4-11,13-14H2,1-3H3/t15-,17-,18+,19-,20-,22-,23+,24-,25+,26+,27+,28-,29-/m0/s1. The lowest BCUT2D eigenvalue weighted by atomic mass is 9.42. The normalized spacial score (nSPS) is 56.5. The van der Waals surface area contributed by atoms with Crippen molar-refractivity contribution in [1.29, 1.82) is 0 Å². The zero-order valence-electron chi connectivity index (χ0n) is 22.7. The van der Waals surface area contributed by atoms with Gasteiger partial charge in [0.05, 0.1) is 23.4 Å². The molecule has 5 N–H and O–H groups in total. The molecule has 214 valence electrons. The second kappa shape index (κ2) is 8.96. The van der Waals surface area contributed by atoms with Gasteiger partial charge in [-0.15, -0.1) is 0 Å². The molecule has 0 unspecified atom stereocenters. The highest BCUT2D eigenvalue weighted by molar-refractivity contribution is 5.85. The van der Waals surface area contributed by atoms with E-state index in [2.05, 4.69) is 13.8 Å². The van der Waals surface area contributed by atoms with Crippen LogP contribution in [0.15, 0.2) is 11.6 Å². The molecule has 6 rings (SSSR count). The minimum Gasteiger partial charge on any atom is -0.458 e. The molecule has 0 radical (unpaired) electrons. The van der Waals surface area contributed by atoms with Crippen molar-refractivity contribution in [2.24, 2.45) is 28.6 Å². The topological polar surface area (TPSA) is 146 Å². The number of hydrogen-bond acceptors (Lipinski definition) is 9. The second-order valence-electron chi connectivity index (χ2n) is 13.7. The molecular formula is C29H44O9. The zero-order chi connectivity index (χ0) is 27.3. The van der Waals surface area contributed by atoms with Crippen molar-refractivity contribution >= 4 is 5.97 Å². The van der Waals surface area contributed by atoms with Gasteiger partial charge >= 0.3 is 5.97 Å². The number of rotatable bonds is 3. The number of aliphatic hydroxyl groups excluding tert-OH is 3. The molecule has 9 nitrogen and oxygen atoms in total. The number of aliphatic hydroxyl groups is 5. The van der Waals surface area contributed by atoms with Gasteiger partial charge in [-0.05, 0) is 87.0 Å². The first-order chi connectivity index (χ1) is 17.8. The lowest BCUT2D eigenvalue weighted by Gasteiger charge is -2.66. The molecule has 0 amide bonds. The number of ether oxygens (including phenoxy) is 3. The fraction of sp³-hybridized carbons (Fsp3) is 0.897. The Morgan fingerprint density at radius 2 is 1.61 bits per heavy atom. The van der Waals surface area contributed by atoms with Crippen LogP contribution < -0.4 is 0 Å². The first-order valence-corrected chi connectivity index (χ1v) is 14.5. The maximum Gasteiger partial charge on any atom is 0.331 e. The number of carbonyl (C=O) groups excluding carboxylic acids is 1. The maximum atomic E-state index is 12.4. The summed E-state index contributed by atoms with van der Waals surface area (Å²) in [5.74, 6) is 0.0978. The lowest BCUT2D eigenvalue weighted by Crippen LogP contribution is -2.67. The maximum absolute atomic E-state index is 12.4. The lowest BCUT2D eigenvalue weighted by molar-refractivity contribution is -0.319. The van der Waals surface area contributed by atoms with E-state index in [1.165, 1.54) is 0 Å². The Labute approximate surface area is 224 Å². The molecule has 0 spiro atoms. The zero-order valence-corrected chi connectivity index (χ0v) is 22.7. The van der Waals surface area contributed by atoms with Gasteiger partial charge in [-0.1, -0.05) is 13.8 Å². The largest absolute Gasteiger partial charge is 0.458 e. The van der Waals surface area contributed by atoms with Crippen molar-refractivity contribution in [3.63, 3.8) is 0 Å². The van der Waals surface area contributed by atoms with Crippen molar-refractivity contribution < 1.29 is 44.5 Å². The SMILES string of the molecule is C[C@@H]1O[C@H](O[C@H]2CC[C@]3(C)[C@H]4CC[C@]5(C)[C@@H](C6=CC(=O)OC6)CC[C@]5(O)[C@H]4CC[C@]3(O)C2)[C@@H](O)[C@H](O)[C@H]1O. The highest BCUT2D eigenvalue weighted by atomic mass is 16.7. The Hall–Kier alpha value is -1.07. The van der Waals surface area contributed by atoms with Gasteiger partial charge in [-0.2, -0.15) is 0 Å². The third kappa shape index (κ3) is 3.65. The van der Waals surface area contributed by atoms with Crippen LogP contribution in [0.3, 0.4) is 0 Å². The molecule has 4 saturated carbocycles. The van der Waals surface area contributed by atoms with E-state index < -0.39 is 41.9 Å². The number of esters is 1. The molecule has 9 heteroatoms. The Morgan fingerprint density at radius 3 is 2.32 bits per heavy atom. The van der Waals surface area contributed by atoms with Crippen LogP contribution in [-0.2, 0) is 19.0 Å². The summed E-state index contributed by atoms with van der Waals surface area (Å²) in [6, 6.07) is 0. The quantitative estimate of drug-likeness (QED) is 0.268. The molecule has 38 heavy (non-hydrogen) atoms. The predicted molar refractivity (Wildman–Crippen MR) is 134 cm³/mol. The highest BCUT2D eigenvalue weighted by Gasteiger charge is 2.70. The van der Waals surface area contributed by atoms with Gasteiger partial charge < -0.3 is 39.7 Å². The Bertz CT molecular complexity index is 1000. The molecule has 13 atom stereocenters. The molecule has 6 aliphatic rings. The van der Waals surface area contributed by atoms with E-state index >= 15 is 0 Å². The molecule has 4 aliphatic carbocycles. The van der Waals surface area contributed by atoms with Crippen LogP contribution in [0, 0.1) is 28.6 Å². The monoisotopic (exact) mass is 536 g/mol. The molecule has 5 fully saturated rings. The van der Waals surface area contributed by atoms with E-state index in [1.54, 1.807) is 13.0 Å². The van der Waals surface area contributed by atoms with E-state index in [0.717, 1.165) is 37.7 Å². The molecule has 1 saturated heterocycles. The van der Waals surface area contributed by atoms with Crippen LogP contribution >= 0.6 is 0 Å². The van der Waals surface area contributed by atoms with Gasteiger partial charge in [0, 0.05) is 17.9 Å². The van der Waals surface area contributed by atoms with E-state index in [4.69, 9.17) is 14.2 Å². The van der Waals surface area contributed by atoms with Gasteiger partial charge in [-0.25, -0.2) is 4.79 Å². The molecule has 2 aliphatic heterocycles. The van der Waals surface area contributed by atoms with Crippen LogP contribution in [0.2, 0.25) is 0 Å². The summed E-state index contributed by atoms with van der Waals surface area (Å²) in [6.07, 6.45) is 2.01. The van der Waals surface area contributed by atoms with Crippen molar-refractivity contribution in [1.82, 2.24) is 0 Å². The summed E-state index contributed by atoms with van der Waals surface area (Å²) >= 11 is 0. The van der Waals surface area contributed by atoms with Crippen LogP contribution in [0.1, 0.15) is 78.6 Å². The molecule has 2 heterocycles. The van der Waals surface area contributed by atoms with E-state index in [-0.39, 0.29) is 40.7 Å². The van der Waals surface area contributed by atoms with Gasteiger partial charge in [-0.3, -0.25) is 0 Å². The second-order valence-corrected chi connectivity index (χ2v) is 13.7. The Morgan fingerprint density at radius 1 is 0.895 bits per heavy atom. The molecule has 0 aromatic rings. The predicted octanol–water partition coefficient (Wildman–Crippen LogP) is 1.57. The molecule has 0 bridgehead atoms. The highest BCUT2D eigenvalue weighted by Crippen LogP contribution is 2.70. The number of cyclic esters (lactones) is 1. The van der Waals surface area contributed by atoms with Gasteiger partial charge in [0.1, 0.15) is 24.9 Å². The van der Waals surface area contributed by atoms with E-state index in [1.807, 2.05) is 0 Å². The molecule has 0 aromatic heterocycles. The average molecular weight is 537 g/mol. The first-order valence-electron chi connectivity index (χ1n) is 14.5. The van der Waals surface area contributed by atoms with Gasteiger partial charge in [0.25, 0.3) is 0 Å². The van der Waals surface area contributed by atoms with Crippen LogP contribution in [0.5, 0.6) is 0 Å². The number of fused-ring (bicyclic) bond motifs is 5. The summed E-state index contributed by atoms with van der Waals surface area (Å²) in [5.41, 5.74) is -1.51. The van der Waals surface area contributed by atoms with Gasteiger partial charge in [0.15, 0.2) is 6.29 Å². The summed E-state index contributed by atoms with van der Waals surface area (Å²) in [6.45, 7) is 6.33. The van der Waals surface area contributed by atoms with Gasteiger partial charge in [0.2, 0.25) is 0 Å². The summed E-state index contributed by atoms with van der Waals surface area (Å²) in [4.78, 5) is 11.8. The fourth-order valence-electron chi connectivity index (χ4n) is 9.80. The molecule has 0 aromatic carbocycles. The summed E-state index contributed by atoms with van der Waals surface area (Å²) < 4.78 is 17.0. The summed E-state index contributed by atoms with van der Waals surface area (Å²) in [5, 5.41) is 55.1. The number of hydrogen-bond donors (Lipinski definition) is 5. The first kappa shape index (κ1) is 27.1. The van der Waals surface area contributed by atoms with Crippen molar-refractivity contribution in [3.05, 3.63) is 11.6 Å². The van der Waals surface area contributed by atoms with Crippen molar-refractivity contribution in [2.75, 3.05) is 6.61 Å². The van der Waals surface area contributed by atoms with E-state index in [0.29, 0.717) is 32.3 Å². The third-order valence-electron chi connectivity index (χ3n) is 12.2. The van der Waals surface area contributed by atoms with Crippen LogP contribution in [-0.4, -0.2) is 86.1 Å². The minimum atomic E-state index is -1.36. The minimum absolute atomic E-state index is 0.0774. The van der Waals surface area contributed by atoms with Crippen molar-refractivity contribution in [3.8, 4) is 0 Å². The Kier molecular flexibility index (Phi) is 6.40. The van der Waals surface area contributed by atoms with Crippen molar-refractivity contribution in [2.45, 2.75) is 127 Å². The average Bonchev–Trinajstić information content (AvgIpc) is 3.41. The number of carbonyl (C=O) groups is 1. The third-order valence-corrected chi connectivity index (χ3v) is 12.2. The van der Waals surface area contributed by atoms with Crippen LogP contribution in [0.4, 0.5) is 0 Å².